The molecule has 0 aliphatic rings. The fraction of sp³-hybridized carbons (Fsp3) is 0.364. The number of aryl methyl sites for hydroxylation is 2. The molecule has 2 heterocycles. The summed E-state index contributed by atoms with van der Waals surface area (Å²) < 4.78 is 13.7. The second-order valence-electron chi connectivity index (χ2n) is 15.4. The maximum atomic E-state index is 12.8. The van der Waals surface area contributed by atoms with Gasteiger partial charge < -0.3 is 41.0 Å². The summed E-state index contributed by atoms with van der Waals surface area (Å²) in [6, 6.07) is 18.9. The van der Waals surface area contributed by atoms with Crippen LogP contribution in [0.15, 0.2) is 97.6 Å². The predicted octanol–water partition coefficient (Wildman–Crippen LogP) is 0.810. The molecule has 1 radical (unpaired) electrons. The van der Waals surface area contributed by atoms with Gasteiger partial charge in [0.15, 0.2) is 22.1 Å². The molecule has 0 saturated carbocycles. The van der Waals surface area contributed by atoms with Gasteiger partial charge in [0, 0.05) is 62.3 Å². The van der Waals surface area contributed by atoms with Crippen molar-refractivity contribution in [3.8, 4) is 5.75 Å². The summed E-state index contributed by atoms with van der Waals surface area (Å²) >= 11 is 0. The van der Waals surface area contributed by atoms with Gasteiger partial charge in [-0.1, -0.05) is 49.6 Å². The molecule has 0 aliphatic carbocycles. The van der Waals surface area contributed by atoms with Crippen LogP contribution >= 0.6 is 0 Å². The van der Waals surface area contributed by atoms with Crippen LogP contribution in [0.2, 0.25) is 0 Å². The zero-order valence-corrected chi connectivity index (χ0v) is 35.6. The fourth-order valence-electron chi connectivity index (χ4n) is 7.03. The molecule has 0 saturated heterocycles. The van der Waals surface area contributed by atoms with E-state index in [9.17, 15) is 34.3 Å². The molecular weight excluding hydrogens is 790 g/mol. The first-order valence-electron chi connectivity index (χ1n) is 20.8. The van der Waals surface area contributed by atoms with E-state index >= 15 is 0 Å². The molecule has 4 amide bonds. The lowest BCUT2D eigenvalue weighted by molar-refractivity contribution is -0.667. The maximum absolute atomic E-state index is 12.8. The van der Waals surface area contributed by atoms with E-state index in [1.54, 1.807) is 38.1 Å². The van der Waals surface area contributed by atoms with Crippen molar-refractivity contribution in [2.24, 2.45) is 0 Å². The number of nitrogens with zero attached hydrogens (tertiary/aromatic N) is 4. The van der Waals surface area contributed by atoms with Crippen LogP contribution in [0.3, 0.4) is 0 Å². The molecule has 0 aliphatic heterocycles. The predicted molar refractivity (Wildman–Crippen MR) is 237 cm³/mol. The van der Waals surface area contributed by atoms with Gasteiger partial charge in [0.1, 0.15) is 18.8 Å². The lowest BCUT2D eigenvalue weighted by atomic mass is 9.79. The van der Waals surface area contributed by atoms with E-state index in [1.165, 1.54) is 0 Å². The number of imidazole rings is 2. The van der Waals surface area contributed by atoms with Crippen molar-refractivity contribution in [3.05, 3.63) is 109 Å². The summed E-state index contributed by atoms with van der Waals surface area (Å²) in [5.41, 5.74) is 6.80. The highest BCUT2D eigenvalue weighted by Gasteiger charge is 2.25. The Bertz CT molecular complexity index is 2390. The number of aromatic nitrogens is 4. The molecule has 0 spiro atoms. The molecule has 0 fully saturated rings. The molecule has 2 aromatic heterocycles. The molecule has 5 rings (SSSR count). The Balaban J connectivity index is 1.40. The summed E-state index contributed by atoms with van der Waals surface area (Å²) in [6.45, 7) is 14.3. The second kappa shape index (κ2) is 23.1. The molecule has 0 unspecified atom stereocenters. The molecular formula is C44H57B2N8O8+2. The zero-order chi connectivity index (χ0) is 44.6. The lowest BCUT2D eigenvalue weighted by Crippen LogP contribution is -2.36. The number of fused-ring (bicyclic) bond motifs is 2. The highest BCUT2D eigenvalue weighted by molar-refractivity contribution is 6.58. The van der Waals surface area contributed by atoms with Crippen molar-refractivity contribution in [1.82, 2.24) is 30.4 Å². The lowest BCUT2D eigenvalue weighted by Gasteiger charge is -2.06. The fourth-order valence-corrected chi connectivity index (χ4v) is 7.03. The SMILES string of the molecule is C=C(C)C(=O)NCCCNC(=O)CCCn1c[n+](Cc2cccc(O[B]O)c2)c2cc3c(cc21)n(CCCC(=O)NCCCNC(=O)C(=C)C)c[n+]3Cc1cccc(B(O)O)c1. The van der Waals surface area contributed by atoms with Crippen LogP contribution < -0.4 is 40.5 Å². The van der Waals surface area contributed by atoms with Crippen LogP contribution in [0.5, 0.6) is 5.75 Å². The number of rotatable bonds is 25. The minimum Gasteiger partial charge on any atom is -0.537 e. The number of hydrogen-bond acceptors (Lipinski definition) is 8. The van der Waals surface area contributed by atoms with Gasteiger partial charge in [-0.3, -0.25) is 19.2 Å². The van der Waals surface area contributed by atoms with Crippen LogP contribution in [0, 0.1) is 0 Å². The van der Waals surface area contributed by atoms with Gasteiger partial charge in [0.05, 0.1) is 13.1 Å². The zero-order valence-electron chi connectivity index (χ0n) is 35.6. The van der Waals surface area contributed by atoms with Crippen LogP contribution in [0.25, 0.3) is 22.1 Å². The monoisotopic (exact) mass is 847 g/mol. The van der Waals surface area contributed by atoms with E-state index in [0.29, 0.717) is 121 Å². The maximum Gasteiger partial charge on any atom is 0.569 e. The highest BCUT2D eigenvalue weighted by atomic mass is 16.5. The van der Waals surface area contributed by atoms with E-state index in [-0.39, 0.29) is 23.6 Å². The van der Waals surface area contributed by atoms with Crippen molar-refractivity contribution in [1.29, 1.82) is 0 Å². The average molecular weight is 848 g/mol. The smallest absolute Gasteiger partial charge is 0.537 e. The third-order valence-corrected chi connectivity index (χ3v) is 10.2. The van der Waals surface area contributed by atoms with Gasteiger partial charge in [-0.15, -0.1) is 0 Å². The Labute approximate surface area is 362 Å². The summed E-state index contributed by atoms with van der Waals surface area (Å²) in [5.74, 6) is -0.0777. The van der Waals surface area contributed by atoms with E-state index in [0.717, 1.165) is 33.2 Å². The van der Waals surface area contributed by atoms with E-state index in [4.69, 9.17) is 4.65 Å². The molecule has 5 aromatic rings. The number of carbonyl (C=O) groups is 4. The van der Waals surface area contributed by atoms with Crippen LogP contribution in [0.4, 0.5) is 0 Å². The Hall–Kier alpha value is -6.23. The first-order valence-corrected chi connectivity index (χ1v) is 20.8. The molecule has 3 aromatic carbocycles. The van der Waals surface area contributed by atoms with Gasteiger partial charge in [-0.2, -0.15) is 0 Å². The Kier molecular flexibility index (Phi) is 17.5. The third kappa shape index (κ3) is 13.6. The third-order valence-electron chi connectivity index (χ3n) is 10.2. The van der Waals surface area contributed by atoms with Crippen LogP contribution in [0.1, 0.15) is 63.5 Å². The van der Waals surface area contributed by atoms with E-state index in [2.05, 4.69) is 64.8 Å². The van der Waals surface area contributed by atoms with Gasteiger partial charge in [-0.05, 0) is 68.3 Å². The normalized spacial score (nSPS) is 11.0. The largest absolute Gasteiger partial charge is 0.569 e. The standard InChI is InChI=1S/C44H55B2N8O8/c1-31(2)43(57)49-19-9-17-47-41(55)15-7-21-51-29-53(27-33-11-5-13-35(23-33)46(60)61)39-26-40-38(25-37(39)51)52(30-54(40)28-34-12-6-14-36(24-34)62-45-59)22-8-16-42(56)48-18-10-20-50-44(58)32(3)4/h5-6,11-14,23-26,29-30,59-61H,1,3,7-10,15-22,27-28H2,2,4H3,(H2-2,47,48,49,50,55,56,57,58)/p+2. The number of hydrogen-bond donors (Lipinski definition) is 7. The molecule has 16 nitrogen and oxygen atoms in total. The topological polar surface area (TPSA) is 204 Å². The van der Waals surface area contributed by atoms with E-state index in [1.807, 2.05) is 36.9 Å². The molecule has 7 N–H and O–H groups in total. The molecule has 0 atom stereocenters. The Morgan fingerprint density at radius 2 is 1.16 bits per heavy atom. The van der Waals surface area contributed by atoms with Gasteiger partial charge in [0.2, 0.25) is 36.3 Å². The molecule has 18 heteroatoms. The van der Waals surface area contributed by atoms with Crippen LogP contribution in [-0.4, -0.2) is 88.8 Å². The Morgan fingerprint density at radius 3 is 1.65 bits per heavy atom. The number of amides is 4. The van der Waals surface area contributed by atoms with Crippen molar-refractivity contribution in [2.45, 2.75) is 78.6 Å². The minimum atomic E-state index is -1.60. The summed E-state index contributed by atoms with van der Waals surface area (Å²) in [7, 11) is -0.957. The Morgan fingerprint density at radius 1 is 0.677 bits per heavy atom. The molecule has 62 heavy (non-hydrogen) atoms. The van der Waals surface area contributed by atoms with Gasteiger partial charge in [0.25, 0.3) is 0 Å². The second-order valence-corrected chi connectivity index (χ2v) is 15.4. The first kappa shape index (κ1) is 46.8. The summed E-state index contributed by atoms with van der Waals surface area (Å²) in [5, 5.41) is 40.4. The van der Waals surface area contributed by atoms with Crippen molar-refractivity contribution >= 4 is 66.0 Å². The van der Waals surface area contributed by atoms with Crippen molar-refractivity contribution in [3.63, 3.8) is 0 Å². The number of carbonyl (C=O) groups excluding carboxylic acids is 4. The first-order chi connectivity index (χ1) is 29.8. The number of benzene rings is 3. The molecule has 0 bridgehead atoms. The molecule has 325 valence electrons. The van der Waals surface area contributed by atoms with Crippen molar-refractivity contribution in [2.75, 3.05) is 26.2 Å². The van der Waals surface area contributed by atoms with Gasteiger partial charge in [-0.25, -0.2) is 18.3 Å². The van der Waals surface area contributed by atoms with Gasteiger partial charge >= 0.3 is 14.8 Å². The van der Waals surface area contributed by atoms with Crippen molar-refractivity contribution < 1.29 is 48.0 Å². The number of nitrogens with one attached hydrogen (secondary N) is 4. The van der Waals surface area contributed by atoms with E-state index < -0.39 is 7.12 Å². The highest BCUT2D eigenvalue weighted by Crippen LogP contribution is 2.23. The van der Waals surface area contributed by atoms with Crippen LogP contribution in [-0.2, 0) is 45.4 Å². The summed E-state index contributed by atoms with van der Waals surface area (Å²) in [4.78, 5) is 49.1. The quantitative estimate of drug-likeness (QED) is 0.0194. The summed E-state index contributed by atoms with van der Waals surface area (Å²) in [6.07, 6.45) is 6.98. The average Bonchev–Trinajstić information content (AvgIpc) is 3.75. The minimum absolute atomic E-state index is 0.0771.